The first-order valence-electron chi connectivity index (χ1n) is 10.9. The fourth-order valence-corrected chi connectivity index (χ4v) is 4.80. The maximum absolute atomic E-state index is 13.8. The molecule has 1 aromatic carbocycles. The van der Waals surface area contributed by atoms with Gasteiger partial charge >= 0.3 is 12.1 Å². The number of hydrogen-bond donors (Lipinski definition) is 1. The van der Waals surface area contributed by atoms with E-state index in [0.29, 0.717) is 22.9 Å². The van der Waals surface area contributed by atoms with E-state index in [0.717, 1.165) is 18.2 Å². The fourth-order valence-electron chi connectivity index (χ4n) is 4.03. The van der Waals surface area contributed by atoms with E-state index in [9.17, 15) is 31.5 Å². The minimum atomic E-state index is -4.63. The monoisotopic (exact) mass is 528 g/mol. The number of aromatic nitrogens is 1. The summed E-state index contributed by atoms with van der Waals surface area (Å²) in [6, 6.07) is 2.71. The Morgan fingerprint density at radius 3 is 2.39 bits per heavy atom. The van der Waals surface area contributed by atoms with E-state index in [1.54, 1.807) is 34.6 Å². The zero-order valence-electron chi connectivity index (χ0n) is 20.3. The lowest BCUT2D eigenvalue weighted by Gasteiger charge is -2.30. The van der Waals surface area contributed by atoms with Crippen LogP contribution >= 0.6 is 11.8 Å². The van der Waals surface area contributed by atoms with Crippen LogP contribution in [-0.2, 0) is 14.9 Å². The molecule has 194 valence electrons. The number of allylic oxidation sites excluding steroid dienone is 1. The summed E-state index contributed by atoms with van der Waals surface area (Å²) in [7, 11) is 0. The molecule has 1 aliphatic rings. The highest BCUT2D eigenvalue weighted by Crippen LogP contribution is 2.45. The highest BCUT2D eigenvalue weighted by molar-refractivity contribution is 8.03. The number of nitrogens with zero attached hydrogens (tertiary/aromatic N) is 1. The van der Waals surface area contributed by atoms with Crippen molar-refractivity contribution in [3.63, 3.8) is 0 Å². The minimum Gasteiger partial charge on any atom is -0.459 e. The second-order valence-corrected chi connectivity index (χ2v) is 10.4. The molecule has 0 fully saturated rings. The van der Waals surface area contributed by atoms with Gasteiger partial charge in [0.2, 0.25) is 0 Å². The summed E-state index contributed by atoms with van der Waals surface area (Å²) in [5.74, 6) is -3.82. The first-order chi connectivity index (χ1) is 16.5. The third-order valence-corrected chi connectivity index (χ3v) is 6.62. The normalized spacial score (nSPS) is 15.3. The van der Waals surface area contributed by atoms with Crippen LogP contribution in [-0.4, -0.2) is 40.6 Å². The summed E-state index contributed by atoms with van der Waals surface area (Å²) in [5, 5.41) is 0.152. The van der Waals surface area contributed by atoms with Gasteiger partial charge in [-0.2, -0.15) is 13.2 Å². The predicted molar refractivity (Wildman–Crippen MR) is 126 cm³/mol. The van der Waals surface area contributed by atoms with Gasteiger partial charge in [0.25, 0.3) is 5.91 Å². The SMILES string of the molecule is C=C(Sc1[nH]c2c(c1C)C(C)(C)CN(C(=O)c1ccc(F)c(F)c1)C=C2C(=O)OC(C)C)C(F)(F)F. The number of carbonyl (C=O) groups is 2. The molecule has 0 unspecified atom stereocenters. The molecule has 1 N–H and O–H groups in total. The Kier molecular flexibility index (Phi) is 7.46. The van der Waals surface area contributed by atoms with E-state index in [2.05, 4.69) is 11.6 Å². The van der Waals surface area contributed by atoms with Gasteiger partial charge < -0.3 is 14.6 Å². The van der Waals surface area contributed by atoms with Gasteiger partial charge in [0.15, 0.2) is 11.6 Å². The van der Waals surface area contributed by atoms with Gasteiger partial charge in [0.05, 0.1) is 27.3 Å². The van der Waals surface area contributed by atoms with E-state index < -0.39 is 46.1 Å². The first-order valence-corrected chi connectivity index (χ1v) is 11.7. The van der Waals surface area contributed by atoms with Crippen molar-refractivity contribution in [3.8, 4) is 0 Å². The molecule has 0 spiro atoms. The van der Waals surface area contributed by atoms with Gasteiger partial charge in [0, 0.05) is 23.7 Å². The lowest BCUT2D eigenvalue weighted by atomic mass is 9.81. The molecule has 0 atom stereocenters. The van der Waals surface area contributed by atoms with Crippen molar-refractivity contribution in [3.05, 3.63) is 69.9 Å². The van der Waals surface area contributed by atoms with Crippen LogP contribution in [0.25, 0.3) is 5.57 Å². The molecule has 0 saturated carbocycles. The minimum absolute atomic E-state index is 0.0146. The van der Waals surface area contributed by atoms with Crippen molar-refractivity contribution in [2.24, 2.45) is 0 Å². The molecule has 0 saturated heterocycles. The number of hydrogen-bond acceptors (Lipinski definition) is 4. The molecule has 11 heteroatoms. The number of ether oxygens (including phenoxy) is 1. The molecule has 2 aromatic rings. The molecule has 1 aromatic heterocycles. The molecule has 3 rings (SSSR count). The van der Waals surface area contributed by atoms with Gasteiger partial charge in [0.1, 0.15) is 0 Å². The number of H-pyrrole nitrogens is 1. The highest BCUT2D eigenvalue weighted by Gasteiger charge is 2.40. The lowest BCUT2D eigenvalue weighted by Crippen LogP contribution is -2.37. The van der Waals surface area contributed by atoms with Gasteiger partial charge in [-0.3, -0.25) is 4.79 Å². The average Bonchev–Trinajstić information content (AvgIpc) is 3.01. The van der Waals surface area contributed by atoms with Crippen molar-refractivity contribution in [2.45, 2.75) is 57.3 Å². The van der Waals surface area contributed by atoms with E-state index in [1.807, 2.05) is 0 Å². The molecular weight excluding hydrogens is 503 g/mol. The third-order valence-electron chi connectivity index (χ3n) is 5.53. The van der Waals surface area contributed by atoms with E-state index in [-0.39, 0.29) is 28.4 Å². The number of benzene rings is 1. The number of aromatic amines is 1. The summed E-state index contributed by atoms with van der Waals surface area (Å²) >= 11 is 0.401. The number of fused-ring (bicyclic) bond motifs is 1. The number of amides is 1. The second-order valence-electron chi connectivity index (χ2n) is 9.29. The van der Waals surface area contributed by atoms with Gasteiger partial charge in [-0.1, -0.05) is 32.2 Å². The Balaban J connectivity index is 2.17. The number of thioether (sulfide) groups is 1. The van der Waals surface area contributed by atoms with E-state index in [1.165, 1.54) is 11.1 Å². The molecule has 5 nitrogen and oxygen atoms in total. The molecule has 0 aliphatic carbocycles. The molecule has 1 aliphatic heterocycles. The van der Waals surface area contributed by atoms with Crippen LogP contribution in [0.15, 0.2) is 40.9 Å². The number of halogens is 5. The maximum atomic E-state index is 13.8. The summed E-state index contributed by atoms with van der Waals surface area (Å²) in [6.45, 7) is 11.5. The zero-order valence-corrected chi connectivity index (χ0v) is 21.1. The van der Waals surface area contributed by atoms with Crippen molar-refractivity contribution in [1.82, 2.24) is 9.88 Å². The van der Waals surface area contributed by atoms with Gasteiger partial charge in [-0.15, -0.1) is 0 Å². The molecule has 0 radical (unpaired) electrons. The molecule has 0 bridgehead atoms. The predicted octanol–water partition coefficient (Wildman–Crippen LogP) is 6.50. The number of rotatable bonds is 5. The molecule has 1 amide bonds. The Morgan fingerprint density at radius 2 is 1.83 bits per heavy atom. The maximum Gasteiger partial charge on any atom is 0.422 e. The topological polar surface area (TPSA) is 62.4 Å². The third kappa shape index (κ3) is 5.50. The summed E-state index contributed by atoms with van der Waals surface area (Å²) < 4.78 is 72.0. The van der Waals surface area contributed by atoms with Gasteiger partial charge in [-0.25, -0.2) is 13.6 Å². The molecular formula is C25H25F5N2O3S. The number of alkyl halides is 3. The van der Waals surface area contributed by atoms with Crippen molar-refractivity contribution in [1.29, 1.82) is 0 Å². The zero-order chi connectivity index (χ0) is 27.2. The van der Waals surface area contributed by atoms with Crippen LogP contribution in [0.4, 0.5) is 22.0 Å². The van der Waals surface area contributed by atoms with Crippen LogP contribution in [0, 0.1) is 18.6 Å². The van der Waals surface area contributed by atoms with Crippen LogP contribution in [0.1, 0.15) is 54.9 Å². The number of carbonyl (C=O) groups excluding carboxylic acids is 2. The van der Waals surface area contributed by atoms with Crippen molar-refractivity contribution >= 4 is 29.2 Å². The Hall–Kier alpha value is -3.08. The fraction of sp³-hybridized carbons (Fsp3) is 0.360. The molecule has 36 heavy (non-hydrogen) atoms. The van der Waals surface area contributed by atoms with E-state index in [4.69, 9.17) is 4.74 Å². The van der Waals surface area contributed by atoms with Gasteiger partial charge in [-0.05, 0) is 50.1 Å². The first kappa shape index (κ1) is 27.5. The highest BCUT2D eigenvalue weighted by atomic mass is 32.2. The van der Waals surface area contributed by atoms with Crippen LogP contribution in [0.3, 0.4) is 0 Å². The van der Waals surface area contributed by atoms with Crippen LogP contribution in [0.2, 0.25) is 0 Å². The average molecular weight is 529 g/mol. The Bertz CT molecular complexity index is 1260. The molecule has 2 heterocycles. The van der Waals surface area contributed by atoms with E-state index >= 15 is 0 Å². The quantitative estimate of drug-likeness (QED) is 0.274. The summed E-state index contributed by atoms with van der Waals surface area (Å²) in [5.41, 5.74) is 0.0774. The second kappa shape index (κ2) is 9.76. The standard InChI is InChI=1S/C25H25F5N2O3S/c1-12(2)35-23(34)16-10-32(22(33)15-7-8-17(26)18(27)9-15)11-24(5,6)19-13(3)21(31-20(16)19)36-14(4)25(28,29)30/h7-10,12,31H,4,11H2,1-3,5-6H3. The van der Waals surface area contributed by atoms with Crippen LogP contribution in [0.5, 0.6) is 0 Å². The van der Waals surface area contributed by atoms with Crippen molar-refractivity contribution < 1.29 is 36.3 Å². The number of nitrogens with one attached hydrogen (secondary N) is 1. The lowest BCUT2D eigenvalue weighted by molar-refractivity contribution is -0.140. The Morgan fingerprint density at radius 1 is 1.19 bits per heavy atom. The largest absolute Gasteiger partial charge is 0.459 e. The summed E-state index contributed by atoms with van der Waals surface area (Å²) in [4.78, 5) is 29.4. The Labute approximate surface area is 209 Å². The summed E-state index contributed by atoms with van der Waals surface area (Å²) in [6.07, 6.45) is -3.92. The smallest absolute Gasteiger partial charge is 0.422 e. The van der Waals surface area contributed by atoms with Crippen LogP contribution < -0.4 is 0 Å². The number of esters is 1. The van der Waals surface area contributed by atoms with Crippen molar-refractivity contribution in [2.75, 3.05) is 6.54 Å².